The van der Waals surface area contributed by atoms with Crippen LogP contribution >= 0.6 is 11.6 Å². The highest BCUT2D eigenvalue weighted by molar-refractivity contribution is 6.17. The fraction of sp³-hybridized carbons (Fsp3) is 0.417. The molecular formula is C12H14ClF2NO2. The summed E-state index contributed by atoms with van der Waals surface area (Å²) in [4.78, 5) is 11.4. The van der Waals surface area contributed by atoms with Crippen LogP contribution in [0.25, 0.3) is 0 Å². The molecule has 0 saturated carbocycles. The molecule has 1 aromatic rings. The number of carbonyl (C=O) groups excluding carboxylic acids is 1. The van der Waals surface area contributed by atoms with E-state index in [1.54, 1.807) is 18.2 Å². The Morgan fingerprint density at radius 2 is 2.22 bits per heavy atom. The summed E-state index contributed by atoms with van der Waals surface area (Å²) >= 11 is 5.66. The molecule has 100 valence electrons. The van der Waals surface area contributed by atoms with Gasteiger partial charge in [-0.05, 0) is 17.7 Å². The van der Waals surface area contributed by atoms with Gasteiger partial charge in [-0.25, -0.2) is 8.78 Å². The van der Waals surface area contributed by atoms with Crippen LogP contribution in [0.4, 0.5) is 14.5 Å². The first-order chi connectivity index (χ1) is 8.61. The van der Waals surface area contributed by atoms with Crippen molar-refractivity contribution in [2.75, 3.05) is 18.5 Å². The van der Waals surface area contributed by atoms with Crippen LogP contribution in [0.2, 0.25) is 0 Å². The molecule has 0 heterocycles. The van der Waals surface area contributed by atoms with E-state index >= 15 is 0 Å². The van der Waals surface area contributed by atoms with E-state index in [1.807, 2.05) is 6.07 Å². The van der Waals surface area contributed by atoms with Gasteiger partial charge in [0.1, 0.15) is 6.61 Å². The lowest BCUT2D eigenvalue weighted by Gasteiger charge is -2.07. The topological polar surface area (TPSA) is 38.3 Å². The van der Waals surface area contributed by atoms with Crippen molar-refractivity contribution in [3.05, 3.63) is 29.8 Å². The van der Waals surface area contributed by atoms with E-state index in [-0.39, 0.29) is 18.9 Å². The molecule has 0 aliphatic rings. The molecule has 0 atom stereocenters. The lowest BCUT2D eigenvalue weighted by molar-refractivity contribution is -0.117. The molecule has 1 aromatic carbocycles. The number of anilines is 1. The van der Waals surface area contributed by atoms with Crippen LogP contribution in [0.3, 0.4) is 0 Å². The van der Waals surface area contributed by atoms with Crippen LogP contribution < -0.4 is 5.32 Å². The Morgan fingerprint density at radius 1 is 1.44 bits per heavy atom. The van der Waals surface area contributed by atoms with E-state index in [1.165, 1.54) is 0 Å². The second-order valence-electron chi connectivity index (χ2n) is 3.60. The molecule has 1 rings (SSSR count). The molecule has 1 N–H and O–H groups in total. The van der Waals surface area contributed by atoms with Crippen LogP contribution in [-0.4, -0.2) is 25.5 Å². The van der Waals surface area contributed by atoms with E-state index in [2.05, 4.69) is 10.1 Å². The number of halogens is 3. The third-order valence-electron chi connectivity index (χ3n) is 2.08. The summed E-state index contributed by atoms with van der Waals surface area (Å²) in [7, 11) is 0. The Hall–Kier alpha value is -1.20. The Balaban J connectivity index is 2.30. The van der Waals surface area contributed by atoms with Crippen molar-refractivity contribution >= 4 is 23.2 Å². The predicted molar refractivity (Wildman–Crippen MR) is 66.1 cm³/mol. The van der Waals surface area contributed by atoms with Crippen LogP contribution in [0, 0.1) is 0 Å². The third kappa shape index (κ3) is 5.93. The minimum absolute atomic E-state index is 0.0225. The number of ether oxygens (including phenoxy) is 1. The molecule has 3 nitrogen and oxygen atoms in total. The molecule has 1 amide bonds. The molecule has 0 aromatic heterocycles. The fourth-order valence-electron chi connectivity index (χ4n) is 1.29. The van der Waals surface area contributed by atoms with Gasteiger partial charge in [-0.1, -0.05) is 12.1 Å². The van der Waals surface area contributed by atoms with Crippen molar-refractivity contribution in [1.29, 1.82) is 0 Å². The Morgan fingerprint density at radius 3 is 2.89 bits per heavy atom. The van der Waals surface area contributed by atoms with Crippen LogP contribution in [0.1, 0.15) is 12.0 Å². The van der Waals surface area contributed by atoms with Gasteiger partial charge in [-0.2, -0.15) is 0 Å². The molecule has 0 radical (unpaired) electrons. The number of nitrogens with one attached hydrogen (secondary N) is 1. The normalized spacial score (nSPS) is 10.7. The van der Waals surface area contributed by atoms with Crippen LogP contribution in [0.15, 0.2) is 24.3 Å². The minimum Gasteiger partial charge on any atom is -0.375 e. The number of hydrogen-bond acceptors (Lipinski definition) is 2. The maximum absolute atomic E-state index is 11.8. The number of benzene rings is 1. The predicted octanol–water partition coefficient (Wildman–Crippen LogP) is 3.04. The van der Waals surface area contributed by atoms with E-state index in [9.17, 15) is 13.6 Å². The molecule has 6 heteroatoms. The van der Waals surface area contributed by atoms with Crippen LogP contribution in [0.5, 0.6) is 0 Å². The minimum atomic E-state index is -2.51. The number of rotatable bonds is 7. The standard InChI is InChI=1S/C12H14ClF2NO2/c13-7-9-2-1-3-10(6-9)16-12(17)4-5-18-8-11(14)15/h1-3,6,11H,4-5,7-8H2,(H,16,17). The molecule has 0 aliphatic carbocycles. The van der Waals surface area contributed by atoms with Gasteiger partial charge < -0.3 is 10.1 Å². The number of alkyl halides is 3. The first-order valence-electron chi connectivity index (χ1n) is 5.42. The molecule has 0 spiro atoms. The highest BCUT2D eigenvalue weighted by Crippen LogP contribution is 2.12. The lowest BCUT2D eigenvalue weighted by Crippen LogP contribution is -2.15. The van der Waals surface area contributed by atoms with E-state index < -0.39 is 13.0 Å². The Bertz CT molecular complexity index is 388. The Labute approximate surface area is 109 Å². The van der Waals surface area contributed by atoms with E-state index in [0.29, 0.717) is 11.6 Å². The van der Waals surface area contributed by atoms with Gasteiger partial charge in [0.05, 0.1) is 13.0 Å². The highest BCUT2D eigenvalue weighted by atomic mass is 35.5. The van der Waals surface area contributed by atoms with Crippen molar-refractivity contribution in [1.82, 2.24) is 0 Å². The third-order valence-corrected chi connectivity index (χ3v) is 2.39. The smallest absolute Gasteiger partial charge is 0.261 e. The second kappa shape index (κ2) is 8.00. The van der Waals surface area contributed by atoms with E-state index in [0.717, 1.165) is 5.56 Å². The van der Waals surface area contributed by atoms with Gasteiger partial charge in [-0.3, -0.25) is 4.79 Å². The monoisotopic (exact) mass is 277 g/mol. The Kier molecular flexibility index (Phi) is 6.60. The van der Waals surface area contributed by atoms with Crippen molar-refractivity contribution in [3.63, 3.8) is 0 Å². The summed E-state index contributed by atoms with van der Waals surface area (Å²) in [5, 5.41) is 2.64. The van der Waals surface area contributed by atoms with Gasteiger partial charge in [0, 0.05) is 11.6 Å². The lowest BCUT2D eigenvalue weighted by atomic mass is 10.2. The summed E-state index contributed by atoms with van der Waals surface area (Å²) in [6, 6.07) is 7.11. The van der Waals surface area contributed by atoms with E-state index in [4.69, 9.17) is 11.6 Å². The summed E-state index contributed by atoms with van der Waals surface area (Å²) < 4.78 is 28.1. The van der Waals surface area contributed by atoms with Crippen molar-refractivity contribution in [2.45, 2.75) is 18.7 Å². The first kappa shape index (κ1) is 14.9. The second-order valence-corrected chi connectivity index (χ2v) is 3.87. The molecule has 18 heavy (non-hydrogen) atoms. The van der Waals surface area contributed by atoms with Gasteiger partial charge in [-0.15, -0.1) is 11.6 Å². The fourth-order valence-corrected chi connectivity index (χ4v) is 1.46. The number of hydrogen-bond donors (Lipinski definition) is 1. The van der Waals surface area contributed by atoms with Crippen molar-refractivity contribution in [3.8, 4) is 0 Å². The van der Waals surface area contributed by atoms with Gasteiger partial charge in [0.2, 0.25) is 5.91 Å². The number of amides is 1. The summed E-state index contributed by atoms with van der Waals surface area (Å²) in [6.45, 7) is -0.666. The SMILES string of the molecule is O=C(CCOCC(F)F)Nc1cccc(CCl)c1. The molecule has 0 unspecified atom stereocenters. The van der Waals surface area contributed by atoms with Crippen molar-refractivity contribution in [2.24, 2.45) is 0 Å². The summed E-state index contributed by atoms with van der Waals surface area (Å²) in [5.74, 6) is 0.0808. The van der Waals surface area contributed by atoms with Gasteiger partial charge in [0.25, 0.3) is 6.43 Å². The average molecular weight is 278 g/mol. The number of carbonyl (C=O) groups is 1. The van der Waals surface area contributed by atoms with Crippen LogP contribution in [-0.2, 0) is 15.4 Å². The maximum Gasteiger partial charge on any atom is 0.261 e. The van der Waals surface area contributed by atoms with Gasteiger partial charge >= 0.3 is 0 Å². The molecule has 0 aliphatic heterocycles. The molecular weight excluding hydrogens is 264 g/mol. The average Bonchev–Trinajstić information content (AvgIpc) is 2.34. The first-order valence-corrected chi connectivity index (χ1v) is 5.96. The summed E-state index contributed by atoms with van der Waals surface area (Å²) in [6.07, 6.45) is -2.47. The zero-order valence-electron chi connectivity index (χ0n) is 9.67. The molecule has 0 saturated heterocycles. The molecule has 0 fully saturated rings. The highest BCUT2D eigenvalue weighted by Gasteiger charge is 2.05. The summed E-state index contributed by atoms with van der Waals surface area (Å²) in [5.41, 5.74) is 1.52. The zero-order chi connectivity index (χ0) is 13.4. The quantitative estimate of drug-likeness (QED) is 0.614. The largest absolute Gasteiger partial charge is 0.375 e. The zero-order valence-corrected chi connectivity index (χ0v) is 10.4. The van der Waals surface area contributed by atoms with Gasteiger partial charge in [0.15, 0.2) is 0 Å². The van der Waals surface area contributed by atoms with Crippen molar-refractivity contribution < 1.29 is 18.3 Å². The maximum atomic E-state index is 11.8. The molecule has 0 bridgehead atoms.